The molecule has 0 radical (unpaired) electrons. The summed E-state index contributed by atoms with van der Waals surface area (Å²) in [6.07, 6.45) is 0.135. The number of carbonyl (C=O) groups excluding carboxylic acids is 2. The van der Waals surface area contributed by atoms with Gasteiger partial charge in [-0.3, -0.25) is 14.5 Å². The van der Waals surface area contributed by atoms with Gasteiger partial charge in [0.1, 0.15) is 5.60 Å². The first kappa shape index (κ1) is 18.5. The predicted octanol–water partition coefficient (Wildman–Crippen LogP) is 4.81. The van der Waals surface area contributed by atoms with Gasteiger partial charge in [-0.1, -0.05) is 41.6 Å². The highest BCUT2D eigenvalue weighted by Crippen LogP contribution is 2.39. The molecule has 26 heavy (non-hydrogen) atoms. The molecule has 1 heterocycles. The summed E-state index contributed by atoms with van der Waals surface area (Å²) < 4.78 is 5.48. The topological polar surface area (TPSA) is 46.6 Å². The second-order valence-electron chi connectivity index (χ2n) is 7.37. The van der Waals surface area contributed by atoms with Gasteiger partial charge >= 0.3 is 5.97 Å². The van der Waals surface area contributed by atoms with E-state index in [0.717, 1.165) is 16.1 Å². The maximum absolute atomic E-state index is 13.1. The number of carbonyl (C=O) groups is 2. The molecule has 1 aliphatic heterocycles. The Bertz CT molecular complexity index is 824. The number of benzene rings is 2. The van der Waals surface area contributed by atoms with Gasteiger partial charge < -0.3 is 4.74 Å². The van der Waals surface area contributed by atoms with Crippen molar-refractivity contribution in [1.82, 2.24) is 0 Å². The van der Waals surface area contributed by atoms with Crippen LogP contribution >= 0.6 is 11.8 Å². The molecule has 0 aromatic heterocycles. The van der Waals surface area contributed by atoms with Crippen molar-refractivity contribution in [3.8, 4) is 0 Å². The monoisotopic (exact) mass is 369 g/mol. The normalized spacial score (nSPS) is 17.0. The molecule has 0 fully saturated rings. The molecule has 2 aromatic carbocycles. The zero-order chi connectivity index (χ0) is 18.9. The zero-order valence-corrected chi connectivity index (χ0v) is 16.3. The first-order chi connectivity index (χ1) is 12.2. The van der Waals surface area contributed by atoms with E-state index in [1.54, 1.807) is 4.90 Å². The van der Waals surface area contributed by atoms with Crippen LogP contribution in [-0.2, 0) is 9.53 Å². The first-order valence-electron chi connectivity index (χ1n) is 8.62. The van der Waals surface area contributed by atoms with Gasteiger partial charge in [-0.05, 0) is 52.0 Å². The van der Waals surface area contributed by atoms with E-state index in [2.05, 4.69) is 0 Å². The summed E-state index contributed by atoms with van der Waals surface area (Å²) in [5.74, 6) is -0.393. The van der Waals surface area contributed by atoms with E-state index in [1.807, 2.05) is 76.2 Å². The van der Waals surface area contributed by atoms with Crippen LogP contribution in [0.1, 0.15) is 43.1 Å². The number of esters is 1. The molecule has 5 heteroatoms. The lowest BCUT2D eigenvalue weighted by Gasteiger charge is -2.36. The number of amides is 1. The highest BCUT2D eigenvalue weighted by atomic mass is 32.2. The molecule has 1 atom stereocenters. The van der Waals surface area contributed by atoms with Crippen LogP contribution in [0.5, 0.6) is 0 Å². The number of ether oxygens (including phenoxy) is 1. The summed E-state index contributed by atoms with van der Waals surface area (Å²) in [5, 5.41) is -0.338. The van der Waals surface area contributed by atoms with Crippen molar-refractivity contribution in [2.75, 3.05) is 4.90 Å². The van der Waals surface area contributed by atoms with Crippen molar-refractivity contribution in [2.45, 2.75) is 50.0 Å². The van der Waals surface area contributed by atoms with Gasteiger partial charge in [-0.2, -0.15) is 0 Å². The third-order valence-electron chi connectivity index (χ3n) is 3.96. The summed E-state index contributed by atoms with van der Waals surface area (Å²) in [5.41, 5.74) is 2.03. The standard InChI is InChI=1S/C21H23NO3S/c1-14-9-11-15(12-10-14)22-18(13-19(23)25-21(2,3)4)26-17-8-6-5-7-16(17)20(22)24/h5-12,18H,13H2,1-4H3. The maximum Gasteiger partial charge on any atom is 0.309 e. The molecule has 0 spiro atoms. The number of nitrogens with zero attached hydrogens (tertiary/aromatic N) is 1. The van der Waals surface area contributed by atoms with E-state index in [0.29, 0.717) is 5.56 Å². The van der Waals surface area contributed by atoms with Crippen LogP contribution in [0.15, 0.2) is 53.4 Å². The largest absolute Gasteiger partial charge is 0.460 e. The SMILES string of the molecule is Cc1ccc(N2C(=O)c3ccccc3SC2CC(=O)OC(C)(C)C)cc1. The van der Waals surface area contributed by atoms with E-state index < -0.39 is 5.60 Å². The Morgan fingerprint density at radius 1 is 1.12 bits per heavy atom. The van der Waals surface area contributed by atoms with Crippen LogP contribution in [0.3, 0.4) is 0 Å². The summed E-state index contributed by atoms with van der Waals surface area (Å²) in [6, 6.07) is 15.3. The molecule has 0 saturated carbocycles. The van der Waals surface area contributed by atoms with Crippen LogP contribution in [0.4, 0.5) is 5.69 Å². The molecule has 1 aliphatic rings. The quantitative estimate of drug-likeness (QED) is 0.729. The molecule has 2 aromatic rings. The van der Waals surface area contributed by atoms with Crippen molar-refractivity contribution in [2.24, 2.45) is 0 Å². The Balaban J connectivity index is 1.95. The van der Waals surface area contributed by atoms with Crippen LogP contribution in [0.25, 0.3) is 0 Å². The Morgan fingerprint density at radius 3 is 2.42 bits per heavy atom. The molecule has 0 N–H and O–H groups in total. The number of rotatable bonds is 3. The van der Waals surface area contributed by atoms with E-state index in [4.69, 9.17) is 4.74 Å². The first-order valence-corrected chi connectivity index (χ1v) is 9.50. The van der Waals surface area contributed by atoms with Crippen molar-refractivity contribution in [1.29, 1.82) is 0 Å². The molecule has 3 rings (SSSR count). The number of fused-ring (bicyclic) bond motifs is 1. The molecule has 1 amide bonds. The van der Waals surface area contributed by atoms with Crippen LogP contribution in [0, 0.1) is 6.92 Å². The Labute approximate surface area is 158 Å². The van der Waals surface area contributed by atoms with Gasteiger partial charge in [-0.25, -0.2) is 0 Å². The minimum Gasteiger partial charge on any atom is -0.460 e. The summed E-state index contributed by atoms with van der Waals surface area (Å²) >= 11 is 1.53. The van der Waals surface area contributed by atoms with Gasteiger partial charge in [0.25, 0.3) is 5.91 Å². The third-order valence-corrected chi connectivity index (χ3v) is 5.22. The molecular weight excluding hydrogens is 346 g/mol. The molecule has 0 bridgehead atoms. The Hall–Kier alpha value is -2.27. The highest BCUT2D eigenvalue weighted by Gasteiger charge is 2.36. The fourth-order valence-corrected chi connectivity index (χ4v) is 4.13. The molecule has 4 nitrogen and oxygen atoms in total. The van der Waals surface area contributed by atoms with Crippen LogP contribution in [0.2, 0.25) is 0 Å². The van der Waals surface area contributed by atoms with Gasteiger partial charge in [0.05, 0.1) is 17.4 Å². The molecule has 0 saturated heterocycles. The van der Waals surface area contributed by atoms with Gasteiger partial charge in [0.2, 0.25) is 0 Å². The Morgan fingerprint density at radius 2 is 1.77 bits per heavy atom. The number of hydrogen-bond acceptors (Lipinski definition) is 4. The second kappa shape index (κ2) is 7.16. The smallest absolute Gasteiger partial charge is 0.309 e. The van der Waals surface area contributed by atoms with Crippen LogP contribution < -0.4 is 4.90 Å². The van der Waals surface area contributed by atoms with E-state index in [9.17, 15) is 9.59 Å². The maximum atomic E-state index is 13.1. The zero-order valence-electron chi connectivity index (χ0n) is 15.5. The molecular formula is C21H23NO3S. The fourth-order valence-electron chi connectivity index (χ4n) is 2.85. The lowest BCUT2D eigenvalue weighted by molar-refractivity contribution is -0.154. The highest BCUT2D eigenvalue weighted by molar-refractivity contribution is 8.00. The van der Waals surface area contributed by atoms with Gasteiger partial charge in [0.15, 0.2) is 0 Å². The van der Waals surface area contributed by atoms with Gasteiger partial charge in [0, 0.05) is 10.6 Å². The predicted molar refractivity (Wildman–Crippen MR) is 105 cm³/mol. The lowest BCUT2D eigenvalue weighted by Crippen LogP contribution is -2.43. The minimum atomic E-state index is -0.549. The summed E-state index contributed by atoms with van der Waals surface area (Å²) in [7, 11) is 0. The molecule has 0 aliphatic carbocycles. The van der Waals surface area contributed by atoms with Crippen molar-refractivity contribution in [3.63, 3.8) is 0 Å². The Kier molecular flexibility index (Phi) is 5.10. The van der Waals surface area contributed by atoms with E-state index in [-0.39, 0.29) is 23.7 Å². The third kappa shape index (κ3) is 4.10. The number of aryl methyl sites for hydroxylation is 1. The number of hydrogen-bond donors (Lipinski definition) is 0. The summed E-state index contributed by atoms with van der Waals surface area (Å²) in [4.78, 5) is 28.1. The fraction of sp³-hybridized carbons (Fsp3) is 0.333. The second-order valence-corrected chi connectivity index (χ2v) is 8.59. The number of anilines is 1. The van der Waals surface area contributed by atoms with Gasteiger partial charge in [-0.15, -0.1) is 0 Å². The molecule has 136 valence electrons. The van der Waals surface area contributed by atoms with Crippen LogP contribution in [-0.4, -0.2) is 22.9 Å². The van der Waals surface area contributed by atoms with E-state index in [1.165, 1.54) is 11.8 Å². The van der Waals surface area contributed by atoms with Crippen molar-refractivity contribution >= 4 is 29.3 Å². The minimum absolute atomic E-state index is 0.0863. The van der Waals surface area contributed by atoms with Crippen molar-refractivity contribution in [3.05, 3.63) is 59.7 Å². The lowest BCUT2D eigenvalue weighted by atomic mass is 10.1. The van der Waals surface area contributed by atoms with E-state index >= 15 is 0 Å². The summed E-state index contributed by atoms with van der Waals surface area (Å²) in [6.45, 7) is 7.54. The molecule has 1 unspecified atom stereocenters. The van der Waals surface area contributed by atoms with Crippen molar-refractivity contribution < 1.29 is 14.3 Å². The number of thioether (sulfide) groups is 1. The average Bonchev–Trinajstić information content (AvgIpc) is 2.55. The average molecular weight is 369 g/mol.